The van der Waals surface area contributed by atoms with E-state index in [0.717, 1.165) is 6.42 Å². The van der Waals surface area contributed by atoms with Crippen molar-refractivity contribution in [3.05, 3.63) is 0 Å². The molecule has 1 unspecified atom stereocenters. The Morgan fingerprint density at radius 2 is 2.00 bits per heavy atom. The second kappa shape index (κ2) is 5.30. The molecular weight excluding hydrogens is 138 g/mol. The fourth-order valence-corrected chi connectivity index (χ4v) is 1.13. The lowest BCUT2D eigenvalue weighted by Gasteiger charge is -2.15. The Morgan fingerprint density at radius 1 is 1.45 bits per heavy atom. The second-order valence-corrected chi connectivity index (χ2v) is 3.29. The first-order valence-electron chi connectivity index (χ1n) is 4.31. The molecule has 2 heteroatoms. The van der Waals surface area contributed by atoms with Crippen LogP contribution in [0.3, 0.4) is 0 Å². The molecule has 0 bridgehead atoms. The summed E-state index contributed by atoms with van der Waals surface area (Å²) in [6.45, 7) is 6.17. The smallest absolute Gasteiger partial charge is 0.149 e. The third-order valence-electron chi connectivity index (χ3n) is 1.79. The highest BCUT2D eigenvalue weighted by atomic mass is 16.1. The summed E-state index contributed by atoms with van der Waals surface area (Å²) in [7, 11) is 1.85. The van der Waals surface area contributed by atoms with E-state index in [1.165, 1.54) is 0 Å². The Bertz CT molecular complexity index is 121. The average molecular weight is 157 g/mol. The Hall–Kier alpha value is -0.370. The number of ketones is 1. The third-order valence-corrected chi connectivity index (χ3v) is 1.79. The summed E-state index contributed by atoms with van der Waals surface area (Å²) in [6.07, 6.45) is 1.58. The van der Waals surface area contributed by atoms with E-state index < -0.39 is 0 Å². The summed E-state index contributed by atoms with van der Waals surface area (Å²) in [5.74, 6) is 0.907. The molecule has 0 amide bonds. The van der Waals surface area contributed by atoms with Crippen LogP contribution < -0.4 is 5.32 Å². The molecule has 0 saturated carbocycles. The van der Waals surface area contributed by atoms with Crippen LogP contribution in [0.25, 0.3) is 0 Å². The minimum atomic E-state index is 0.0694. The molecule has 1 N–H and O–H groups in total. The first-order chi connectivity index (χ1) is 5.11. The number of hydrogen-bond donors (Lipinski definition) is 1. The van der Waals surface area contributed by atoms with Crippen LogP contribution in [0.1, 0.15) is 33.6 Å². The Morgan fingerprint density at radius 3 is 2.27 bits per heavy atom. The van der Waals surface area contributed by atoms with Crippen molar-refractivity contribution in [3.63, 3.8) is 0 Å². The zero-order chi connectivity index (χ0) is 8.85. The van der Waals surface area contributed by atoms with Gasteiger partial charge >= 0.3 is 0 Å². The van der Waals surface area contributed by atoms with E-state index in [1.807, 2.05) is 14.0 Å². The van der Waals surface area contributed by atoms with Crippen LogP contribution in [0.15, 0.2) is 0 Å². The molecular formula is C9H19NO. The number of Topliss-reactive ketones (excluding diaryl/α,β-unsaturated/α-hetero) is 1. The molecule has 0 rings (SSSR count). The van der Waals surface area contributed by atoms with E-state index in [4.69, 9.17) is 0 Å². The predicted molar refractivity (Wildman–Crippen MR) is 47.6 cm³/mol. The van der Waals surface area contributed by atoms with Gasteiger partial charge in [-0.05, 0) is 19.4 Å². The molecule has 1 atom stereocenters. The summed E-state index contributed by atoms with van der Waals surface area (Å²) in [5.41, 5.74) is 0. The molecule has 0 fully saturated rings. The third kappa shape index (κ3) is 4.14. The molecule has 2 nitrogen and oxygen atoms in total. The standard InChI is InChI=1S/C9H19NO/c1-5-9(11)8(10-4)6-7(2)3/h7-8,10H,5-6H2,1-4H3. The molecule has 0 aliphatic carbocycles. The molecule has 0 heterocycles. The largest absolute Gasteiger partial charge is 0.311 e. The quantitative estimate of drug-likeness (QED) is 0.656. The maximum Gasteiger partial charge on any atom is 0.149 e. The maximum absolute atomic E-state index is 11.2. The highest BCUT2D eigenvalue weighted by Gasteiger charge is 2.14. The van der Waals surface area contributed by atoms with Crippen molar-refractivity contribution in [1.29, 1.82) is 0 Å². The SMILES string of the molecule is CCC(=O)C(CC(C)C)NC. The molecule has 11 heavy (non-hydrogen) atoms. The number of likely N-dealkylation sites (N-methyl/N-ethyl adjacent to an activating group) is 1. The lowest BCUT2D eigenvalue weighted by Crippen LogP contribution is -2.34. The molecule has 0 aromatic carbocycles. The number of rotatable bonds is 5. The fraction of sp³-hybridized carbons (Fsp3) is 0.889. The van der Waals surface area contributed by atoms with Crippen LogP contribution in [0.2, 0.25) is 0 Å². The van der Waals surface area contributed by atoms with Crippen LogP contribution in [-0.2, 0) is 4.79 Å². The average Bonchev–Trinajstić information content (AvgIpc) is 1.98. The van der Waals surface area contributed by atoms with Gasteiger partial charge in [0, 0.05) is 6.42 Å². The van der Waals surface area contributed by atoms with Gasteiger partial charge in [-0.1, -0.05) is 20.8 Å². The zero-order valence-electron chi connectivity index (χ0n) is 7.98. The van der Waals surface area contributed by atoms with Gasteiger partial charge in [-0.2, -0.15) is 0 Å². The molecule has 66 valence electrons. The Balaban J connectivity index is 3.84. The molecule has 0 aromatic rings. The van der Waals surface area contributed by atoms with Gasteiger partial charge in [-0.15, -0.1) is 0 Å². The van der Waals surface area contributed by atoms with Gasteiger partial charge in [-0.25, -0.2) is 0 Å². The number of nitrogens with one attached hydrogen (secondary N) is 1. The number of carbonyl (C=O) groups excluding carboxylic acids is 1. The first kappa shape index (κ1) is 10.6. The Kier molecular flexibility index (Phi) is 5.12. The molecule has 0 aliphatic rings. The maximum atomic E-state index is 11.2. The zero-order valence-corrected chi connectivity index (χ0v) is 7.98. The van der Waals surface area contributed by atoms with Crippen LogP contribution in [0, 0.1) is 5.92 Å². The van der Waals surface area contributed by atoms with E-state index >= 15 is 0 Å². The van der Waals surface area contributed by atoms with Crippen molar-refractivity contribution < 1.29 is 4.79 Å². The lowest BCUT2D eigenvalue weighted by molar-refractivity contribution is -0.121. The van der Waals surface area contributed by atoms with Gasteiger partial charge in [0.25, 0.3) is 0 Å². The minimum absolute atomic E-state index is 0.0694. The van der Waals surface area contributed by atoms with Crippen molar-refractivity contribution >= 4 is 5.78 Å². The summed E-state index contributed by atoms with van der Waals surface area (Å²) in [6, 6.07) is 0.0694. The predicted octanol–water partition coefficient (Wildman–Crippen LogP) is 1.60. The van der Waals surface area contributed by atoms with Gasteiger partial charge in [0.1, 0.15) is 5.78 Å². The van der Waals surface area contributed by atoms with E-state index in [0.29, 0.717) is 18.1 Å². The fourth-order valence-electron chi connectivity index (χ4n) is 1.13. The minimum Gasteiger partial charge on any atom is -0.311 e. The van der Waals surface area contributed by atoms with Gasteiger partial charge in [-0.3, -0.25) is 4.79 Å². The summed E-state index contributed by atoms with van der Waals surface area (Å²) >= 11 is 0. The number of hydrogen-bond acceptors (Lipinski definition) is 2. The van der Waals surface area contributed by atoms with Crippen molar-refractivity contribution in [2.75, 3.05) is 7.05 Å². The Labute approximate surface area is 69.4 Å². The molecule has 0 aliphatic heterocycles. The van der Waals surface area contributed by atoms with E-state index in [-0.39, 0.29) is 6.04 Å². The van der Waals surface area contributed by atoms with E-state index in [9.17, 15) is 4.79 Å². The van der Waals surface area contributed by atoms with Crippen molar-refractivity contribution in [1.82, 2.24) is 5.32 Å². The topological polar surface area (TPSA) is 29.1 Å². The van der Waals surface area contributed by atoms with Crippen LogP contribution >= 0.6 is 0 Å². The molecule has 0 aromatic heterocycles. The van der Waals surface area contributed by atoms with E-state index in [1.54, 1.807) is 0 Å². The normalized spacial score (nSPS) is 13.5. The first-order valence-corrected chi connectivity index (χ1v) is 4.31. The highest BCUT2D eigenvalue weighted by molar-refractivity contribution is 5.83. The summed E-state index contributed by atoms with van der Waals surface area (Å²) < 4.78 is 0. The van der Waals surface area contributed by atoms with Gasteiger partial charge < -0.3 is 5.32 Å². The van der Waals surface area contributed by atoms with Crippen molar-refractivity contribution in [3.8, 4) is 0 Å². The highest BCUT2D eigenvalue weighted by Crippen LogP contribution is 2.06. The second-order valence-electron chi connectivity index (χ2n) is 3.29. The van der Waals surface area contributed by atoms with Gasteiger partial charge in [0.05, 0.1) is 6.04 Å². The molecule has 0 spiro atoms. The van der Waals surface area contributed by atoms with Crippen LogP contribution in [0.5, 0.6) is 0 Å². The monoisotopic (exact) mass is 157 g/mol. The van der Waals surface area contributed by atoms with Crippen molar-refractivity contribution in [2.45, 2.75) is 39.7 Å². The van der Waals surface area contributed by atoms with Crippen LogP contribution in [0.4, 0.5) is 0 Å². The molecule has 0 radical (unpaired) electrons. The lowest BCUT2D eigenvalue weighted by atomic mass is 9.99. The summed E-state index contributed by atoms with van der Waals surface area (Å²) in [4.78, 5) is 11.2. The van der Waals surface area contributed by atoms with Gasteiger partial charge in [0.2, 0.25) is 0 Å². The van der Waals surface area contributed by atoms with E-state index in [2.05, 4.69) is 19.2 Å². The summed E-state index contributed by atoms with van der Waals surface area (Å²) in [5, 5.41) is 3.03. The van der Waals surface area contributed by atoms with Crippen molar-refractivity contribution in [2.24, 2.45) is 5.92 Å². The van der Waals surface area contributed by atoms with Gasteiger partial charge in [0.15, 0.2) is 0 Å². The molecule has 0 saturated heterocycles. The van der Waals surface area contributed by atoms with Crippen LogP contribution in [-0.4, -0.2) is 18.9 Å². The number of carbonyl (C=O) groups is 1.